The number of nitrogens with one attached hydrogen (secondary N) is 1. The van der Waals surface area contributed by atoms with Crippen molar-refractivity contribution in [2.75, 3.05) is 19.2 Å². The normalized spacial score (nSPS) is 15.6. The number of carbonyl (C=O) groups is 1. The first-order chi connectivity index (χ1) is 15.2. The Morgan fingerprint density at radius 3 is 2.61 bits per heavy atom. The summed E-state index contributed by atoms with van der Waals surface area (Å²) in [5.41, 5.74) is 2.41. The van der Waals surface area contributed by atoms with Crippen molar-refractivity contribution in [3.8, 4) is 34.6 Å². The second kappa shape index (κ2) is 8.29. The summed E-state index contributed by atoms with van der Waals surface area (Å²) in [5.74, 6) is 2.22. The van der Waals surface area contributed by atoms with Crippen molar-refractivity contribution in [3.63, 3.8) is 0 Å². The molecule has 1 fully saturated rings. The van der Waals surface area contributed by atoms with Crippen molar-refractivity contribution < 1.29 is 19.0 Å². The monoisotopic (exact) mass is 420 g/mol. The highest BCUT2D eigenvalue weighted by Gasteiger charge is 2.22. The summed E-state index contributed by atoms with van der Waals surface area (Å²) in [6.45, 7) is 0.211. The summed E-state index contributed by atoms with van der Waals surface area (Å²) < 4.78 is 17.9. The fourth-order valence-corrected chi connectivity index (χ4v) is 4.08. The van der Waals surface area contributed by atoms with Crippen LogP contribution < -0.4 is 19.5 Å². The Balaban J connectivity index is 1.40. The molecule has 1 amide bonds. The maximum Gasteiger partial charge on any atom is 0.336 e. The Kier molecular flexibility index (Phi) is 5.19. The van der Waals surface area contributed by atoms with Gasteiger partial charge in [-0.25, -0.2) is 4.68 Å². The van der Waals surface area contributed by atoms with E-state index in [1.807, 2.05) is 42.5 Å². The zero-order valence-electron chi connectivity index (χ0n) is 17.3. The Bertz CT molecular complexity index is 1090. The Labute approximate surface area is 180 Å². The van der Waals surface area contributed by atoms with Crippen LogP contribution in [-0.2, 0) is 4.79 Å². The Hall–Kier alpha value is -3.55. The van der Waals surface area contributed by atoms with E-state index in [0.717, 1.165) is 42.6 Å². The topological polar surface area (TPSA) is 87.5 Å². The molecular formula is C23H24N4O4. The van der Waals surface area contributed by atoms with Crippen molar-refractivity contribution in [1.29, 1.82) is 0 Å². The highest BCUT2D eigenvalue weighted by Crippen LogP contribution is 2.36. The number of rotatable bonds is 5. The Morgan fingerprint density at radius 2 is 1.84 bits per heavy atom. The molecule has 1 saturated carbocycles. The van der Waals surface area contributed by atoms with Crippen LogP contribution in [0.1, 0.15) is 32.1 Å². The van der Waals surface area contributed by atoms with Crippen molar-refractivity contribution in [2.45, 2.75) is 32.1 Å². The molecule has 1 N–H and O–H groups in total. The maximum atomic E-state index is 12.5. The van der Waals surface area contributed by atoms with E-state index in [2.05, 4.69) is 15.4 Å². The number of methoxy groups -OCH3 is 1. The van der Waals surface area contributed by atoms with E-state index in [9.17, 15) is 4.79 Å². The predicted molar refractivity (Wildman–Crippen MR) is 115 cm³/mol. The van der Waals surface area contributed by atoms with Crippen LogP contribution in [0.3, 0.4) is 0 Å². The number of hydrogen-bond acceptors (Lipinski definition) is 6. The van der Waals surface area contributed by atoms with Crippen LogP contribution in [0.5, 0.6) is 17.5 Å². The number of ether oxygens (including phenoxy) is 3. The number of amides is 1. The molecule has 8 nitrogen and oxygen atoms in total. The average Bonchev–Trinajstić information content (AvgIpc) is 3.46. The van der Waals surface area contributed by atoms with Crippen molar-refractivity contribution in [1.82, 2.24) is 14.8 Å². The van der Waals surface area contributed by atoms with E-state index in [0.29, 0.717) is 17.3 Å². The van der Waals surface area contributed by atoms with Crippen LogP contribution in [0, 0.1) is 5.92 Å². The molecule has 0 unspecified atom stereocenters. The fourth-order valence-electron chi connectivity index (χ4n) is 4.08. The molecule has 5 rings (SSSR count). The molecule has 1 aliphatic heterocycles. The van der Waals surface area contributed by atoms with E-state index in [1.165, 1.54) is 13.5 Å². The first kappa shape index (κ1) is 19.4. The number of fused-ring (bicyclic) bond motifs is 1. The molecule has 0 saturated heterocycles. The first-order valence-corrected chi connectivity index (χ1v) is 10.5. The van der Waals surface area contributed by atoms with Gasteiger partial charge in [-0.15, -0.1) is 5.10 Å². The minimum absolute atomic E-state index is 0.107. The number of hydrogen-bond donors (Lipinski definition) is 1. The summed E-state index contributed by atoms with van der Waals surface area (Å²) in [5, 5.41) is 7.50. The fraction of sp³-hybridized carbons (Fsp3) is 0.348. The summed E-state index contributed by atoms with van der Waals surface area (Å²) in [7, 11) is 1.53. The molecule has 1 aromatic heterocycles. The summed E-state index contributed by atoms with van der Waals surface area (Å²) >= 11 is 0. The SMILES string of the molecule is COc1nc(-c2ccc3c(c2)OCO3)n(-c2ccc(NC(=O)C3CCCCC3)cc2)n1. The molecular weight excluding hydrogens is 396 g/mol. The van der Waals surface area contributed by atoms with Gasteiger partial charge in [0.15, 0.2) is 17.3 Å². The minimum atomic E-state index is 0.107. The van der Waals surface area contributed by atoms with Gasteiger partial charge in [-0.1, -0.05) is 19.3 Å². The third-order valence-corrected chi connectivity index (χ3v) is 5.76. The molecule has 160 valence electrons. The second-order valence-corrected chi connectivity index (χ2v) is 7.77. The minimum Gasteiger partial charge on any atom is -0.466 e. The lowest BCUT2D eigenvalue weighted by molar-refractivity contribution is -0.120. The standard InChI is InChI=1S/C23H24N4O4/c1-29-23-25-21(16-7-12-19-20(13-16)31-14-30-19)27(26-23)18-10-8-17(9-11-18)24-22(28)15-5-3-2-4-6-15/h7-13,15H,2-6,14H2,1H3,(H,24,28). The molecule has 0 atom stereocenters. The van der Waals surface area contributed by atoms with Gasteiger partial charge in [-0.05, 0) is 55.3 Å². The van der Waals surface area contributed by atoms with Gasteiger partial charge in [-0.2, -0.15) is 4.98 Å². The molecule has 1 aliphatic carbocycles. The number of nitrogens with zero attached hydrogens (tertiary/aromatic N) is 3. The summed E-state index contributed by atoms with van der Waals surface area (Å²) in [4.78, 5) is 17.0. The number of anilines is 1. The van der Waals surface area contributed by atoms with Crippen molar-refractivity contribution in [3.05, 3.63) is 42.5 Å². The summed E-state index contributed by atoms with van der Waals surface area (Å²) in [6.07, 6.45) is 5.44. The largest absolute Gasteiger partial charge is 0.466 e. The number of carbonyl (C=O) groups excluding carboxylic acids is 1. The lowest BCUT2D eigenvalue weighted by Crippen LogP contribution is -2.24. The zero-order valence-corrected chi connectivity index (χ0v) is 17.3. The van der Waals surface area contributed by atoms with Crippen LogP contribution in [0.2, 0.25) is 0 Å². The molecule has 8 heteroatoms. The predicted octanol–water partition coefficient (Wildman–Crippen LogP) is 4.19. The van der Waals surface area contributed by atoms with E-state index in [-0.39, 0.29) is 24.6 Å². The highest BCUT2D eigenvalue weighted by atomic mass is 16.7. The molecule has 2 aromatic carbocycles. The van der Waals surface area contributed by atoms with E-state index < -0.39 is 0 Å². The number of aromatic nitrogens is 3. The molecule has 0 radical (unpaired) electrons. The van der Waals surface area contributed by atoms with Crippen LogP contribution >= 0.6 is 0 Å². The lowest BCUT2D eigenvalue weighted by Gasteiger charge is -2.20. The average molecular weight is 420 g/mol. The molecule has 3 aromatic rings. The second-order valence-electron chi connectivity index (χ2n) is 7.77. The highest BCUT2D eigenvalue weighted by molar-refractivity contribution is 5.92. The lowest BCUT2D eigenvalue weighted by atomic mass is 9.88. The smallest absolute Gasteiger partial charge is 0.336 e. The molecule has 0 spiro atoms. The third kappa shape index (κ3) is 3.93. The maximum absolute atomic E-state index is 12.5. The van der Waals surface area contributed by atoms with E-state index in [1.54, 1.807) is 4.68 Å². The van der Waals surface area contributed by atoms with Crippen molar-refractivity contribution >= 4 is 11.6 Å². The van der Waals surface area contributed by atoms with Gasteiger partial charge in [0.25, 0.3) is 0 Å². The first-order valence-electron chi connectivity index (χ1n) is 10.5. The van der Waals surface area contributed by atoms with Gasteiger partial charge in [0, 0.05) is 17.2 Å². The van der Waals surface area contributed by atoms with Gasteiger partial charge in [0.2, 0.25) is 12.7 Å². The third-order valence-electron chi connectivity index (χ3n) is 5.76. The zero-order chi connectivity index (χ0) is 21.2. The summed E-state index contributed by atoms with van der Waals surface area (Å²) in [6, 6.07) is 13.5. The number of benzene rings is 2. The van der Waals surface area contributed by atoms with Gasteiger partial charge in [0.05, 0.1) is 12.8 Å². The quantitative estimate of drug-likeness (QED) is 0.666. The van der Waals surface area contributed by atoms with Crippen LogP contribution in [0.15, 0.2) is 42.5 Å². The van der Waals surface area contributed by atoms with E-state index in [4.69, 9.17) is 14.2 Å². The molecule has 31 heavy (non-hydrogen) atoms. The van der Waals surface area contributed by atoms with Gasteiger partial charge in [0.1, 0.15) is 0 Å². The Morgan fingerprint density at radius 1 is 1.06 bits per heavy atom. The molecule has 0 bridgehead atoms. The van der Waals surface area contributed by atoms with Gasteiger partial charge in [-0.3, -0.25) is 4.79 Å². The van der Waals surface area contributed by atoms with Crippen LogP contribution in [0.25, 0.3) is 17.1 Å². The molecule has 2 aliphatic rings. The molecule has 2 heterocycles. The van der Waals surface area contributed by atoms with Gasteiger partial charge < -0.3 is 19.5 Å². The van der Waals surface area contributed by atoms with Crippen molar-refractivity contribution in [2.24, 2.45) is 5.92 Å². The van der Waals surface area contributed by atoms with Crippen LogP contribution in [-0.4, -0.2) is 34.6 Å². The van der Waals surface area contributed by atoms with Crippen LogP contribution in [0.4, 0.5) is 5.69 Å². The van der Waals surface area contributed by atoms with E-state index >= 15 is 0 Å². The van der Waals surface area contributed by atoms with Gasteiger partial charge >= 0.3 is 6.01 Å².